The lowest BCUT2D eigenvalue weighted by Gasteiger charge is -2.26. The summed E-state index contributed by atoms with van der Waals surface area (Å²) in [6.45, 7) is 4.40. The summed E-state index contributed by atoms with van der Waals surface area (Å²) in [5.41, 5.74) is 0. The van der Waals surface area contributed by atoms with Crippen molar-refractivity contribution in [3.05, 3.63) is 0 Å². The smallest absolute Gasteiger partial charge is 0.323 e. The number of carboxylic acid groups (broad SMARTS) is 1. The van der Waals surface area contributed by atoms with Gasteiger partial charge in [0, 0.05) is 17.3 Å². The highest BCUT2D eigenvalue weighted by Gasteiger charge is 2.34. The van der Waals surface area contributed by atoms with Crippen molar-refractivity contribution in [2.45, 2.75) is 37.5 Å². The van der Waals surface area contributed by atoms with Crippen LogP contribution in [0.15, 0.2) is 0 Å². The number of aliphatic carboxylic acids is 1. The molecule has 0 radical (unpaired) electrons. The fraction of sp³-hybridized carbons (Fsp3) is 0.818. The van der Waals surface area contributed by atoms with Crippen molar-refractivity contribution in [1.82, 2.24) is 10.2 Å². The SMILES string of the molecule is CSC(C)(C)CNC(=O)N(CC(=O)O)C1CC1. The van der Waals surface area contributed by atoms with Crippen molar-refractivity contribution in [2.75, 3.05) is 19.3 Å². The Morgan fingerprint density at radius 1 is 1.47 bits per heavy atom. The van der Waals surface area contributed by atoms with E-state index < -0.39 is 5.97 Å². The first-order valence-electron chi connectivity index (χ1n) is 5.67. The van der Waals surface area contributed by atoms with Gasteiger partial charge in [-0.1, -0.05) is 0 Å². The van der Waals surface area contributed by atoms with Crippen molar-refractivity contribution in [3.8, 4) is 0 Å². The summed E-state index contributed by atoms with van der Waals surface area (Å²) in [5, 5.41) is 11.6. The third kappa shape index (κ3) is 4.85. The van der Waals surface area contributed by atoms with Gasteiger partial charge >= 0.3 is 12.0 Å². The van der Waals surface area contributed by atoms with Crippen LogP contribution in [-0.2, 0) is 4.79 Å². The number of nitrogens with zero attached hydrogens (tertiary/aromatic N) is 1. The van der Waals surface area contributed by atoms with Crippen molar-refractivity contribution in [2.24, 2.45) is 0 Å². The van der Waals surface area contributed by atoms with Crippen LogP contribution in [0.25, 0.3) is 0 Å². The number of carboxylic acids is 1. The van der Waals surface area contributed by atoms with Crippen LogP contribution in [0.4, 0.5) is 4.79 Å². The Hall–Kier alpha value is -0.910. The molecule has 0 aromatic heterocycles. The summed E-state index contributed by atoms with van der Waals surface area (Å²) in [6.07, 6.45) is 3.81. The number of thioether (sulfide) groups is 1. The summed E-state index contributed by atoms with van der Waals surface area (Å²) in [6, 6.07) is -0.152. The second-order valence-electron chi connectivity index (χ2n) is 4.88. The zero-order valence-electron chi connectivity index (χ0n) is 10.5. The molecule has 6 heteroatoms. The second kappa shape index (κ2) is 5.62. The lowest BCUT2D eigenvalue weighted by Crippen LogP contribution is -2.47. The molecule has 2 N–H and O–H groups in total. The van der Waals surface area contributed by atoms with E-state index in [4.69, 9.17) is 5.11 Å². The molecule has 0 aromatic carbocycles. The highest BCUT2D eigenvalue weighted by Crippen LogP contribution is 2.27. The molecule has 1 fully saturated rings. The molecule has 0 aliphatic heterocycles. The van der Waals surface area contributed by atoms with E-state index in [1.165, 1.54) is 4.90 Å². The van der Waals surface area contributed by atoms with Crippen LogP contribution in [0, 0.1) is 0 Å². The first-order valence-corrected chi connectivity index (χ1v) is 6.89. The molecule has 1 aliphatic carbocycles. The summed E-state index contributed by atoms with van der Waals surface area (Å²) in [7, 11) is 0. The number of carbonyl (C=O) groups excluding carboxylic acids is 1. The van der Waals surface area contributed by atoms with Crippen LogP contribution >= 0.6 is 11.8 Å². The summed E-state index contributed by atoms with van der Waals surface area (Å²) >= 11 is 1.67. The summed E-state index contributed by atoms with van der Waals surface area (Å²) in [5.74, 6) is -0.962. The van der Waals surface area contributed by atoms with Gasteiger partial charge in [-0.05, 0) is 32.9 Å². The molecule has 0 bridgehead atoms. The minimum atomic E-state index is -0.962. The average molecular weight is 260 g/mol. The van der Waals surface area contributed by atoms with Crippen LogP contribution < -0.4 is 5.32 Å². The van der Waals surface area contributed by atoms with E-state index in [0.29, 0.717) is 6.54 Å². The lowest BCUT2D eigenvalue weighted by atomic mass is 10.2. The van der Waals surface area contributed by atoms with Gasteiger partial charge in [-0.15, -0.1) is 0 Å². The van der Waals surface area contributed by atoms with Crippen LogP contribution in [0.3, 0.4) is 0 Å². The number of rotatable bonds is 6. The monoisotopic (exact) mass is 260 g/mol. The van der Waals surface area contributed by atoms with Crippen LogP contribution in [0.2, 0.25) is 0 Å². The van der Waals surface area contributed by atoms with E-state index in [2.05, 4.69) is 5.32 Å². The van der Waals surface area contributed by atoms with Gasteiger partial charge in [0.15, 0.2) is 0 Å². The van der Waals surface area contributed by atoms with Gasteiger partial charge in [-0.3, -0.25) is 4.79 Å². The van der Waals surface area contributed by atoms with E-state index in [0.717, 1.165) is 12.8 Å². The Bertz CT molecular complexity index is 303. The molecule has 17 heavy (non-hydrogen) atoms. The molecule has 0 atom stereocenters. The van der Waals surface area contributed by atoms with Crippen molar-refractivity contribution >= 4 is 23.8 Å². The maximum Gasteiger partial charge on any atom is 0.323 e. The Morgan fingerprint density at radius 3 is 2.47 bits per heavy atom. The van der Waals surface area contributed by atoms with E-state index in [-0.39, 0.29) is 23.4 Å². The van der Waals surface area contributed by atoms with E-state index >= 15 is 0 Å². The minimum Gasteiger partial charge on any atom is -0.480 e. The largest absolute Gasteiger partial charge is 0.480 e. The average Bonchev–Trinajstić information content (AvgIpc) is 3.06. The minimum absolute atomic E-state index is 0.0336. The Labute approximate surface area is 106 Å². The molecule has 1 rings (SSSR count). The first-order chi connectivity index (χ1) is 7.85. The van der Waals surface area contributed by atoms with Gasteiger partial charge < -0.3 is 15.3 Å². The molecular formula is C11H20N2O3S. The maximum absolute atomic E-state index is 11.9. The quantitative estimate of drug-likeness (QED) is 0.757. The Kier molecular flexibility index (Phi) is 4.68. The van der Waals surface area contributed by atoms with Gasteiger partial charge in [0.2, 0.25) is 0 Å². The van der Waals surface area contributed by atoms with Crippen molar-refractivity contribution < 1.29 is 14.7 Å². The van der Waals surface area contributed by atoms with Gasteiger partial charge in [-0.25, -0.2) is 4.79 Å². The third-order valence-corrected chi connectivity index (χ3v) is 4.02. The molecule has 0 aromatic rings. The third-order valence-electron chi connectivity index (χ3n) is 2.77. The van der Waals surface area contributed by atoms with Gasteiger partial charge in [0.25, 0.3) is 0 Å². The van der Waals surface area contributed by atoms with E-state index in [9.17, 15) is 9.59 Å². The van der Waals surface area contributed by atoms with Gasteiger partial charge in [-0.2, -0.15) is 11.8 Å². The molecule has 98 valence electrons. The number of urea groups is 1. The molecule has 0 unspecified atom stereocenters. The molecule has 0 saturated heterocycles. The summed E-state index contributed by atoms with van der Waals surface area (Å²) in [4.78, 5) is 24.0. The van der Waals surface area contributed by atoms with Crippen molar-refractivity contribution in [3.63, 3.8) is 0 Å². The topological polar surface area (TPSA) is 69.6 Å². The van der Waals surface area contributed by atoms with E-state index in [1.807, 2.05) is 20.1 Å². The second-order valence-corrected chi connectivity index (χ2v) is 6.39. The molecule has 1 aliphatic rings. The Balaban J connectivity index is 2.45. The summed E-state index contributed by atoms with van der Waals surface area (Å²) < 4.78 is -0.0336. The normalized spacial score (nSPS) is 15.5. The molecule has 0 spiro atoms. The zero-order valence-corrected chi connectivity index (χ0v) is 11.3. The number of hydrogen-bond donors (Lipinski definition) is 2. The fourth-order valence-corrected chi connectivity index (χ4v) is 1.58. The lowest BCUT2D eigenvalue weighted by molar-refractivity contribution is -0.137. The number of amides is 2. The van der Waals surface area contributed by atoms with Crippen LogP contribution in [0.5, 0.6) is 0 Å². The van der Waals surface area contributed by atoms with Crippen LogP contribution in [0.1, 0.15) is 26.7 Å². The molecule has 1 saturated carbocycles. The maximum atomic E-state index is 11.9. The molecule has 5 nitrogen and oxygen atoms in total. The molecule has 0 heterocycles. The van der Waals surface area contributed by atoms with E-state index in [1.54, 1.807) is 11.8 Å². The van der Waals surface area contributed by atoms with Gasteiger partial charge in [0.05, 0.1) is 0 Å². The standard InChI is InChI=1S/C11H20N2O3S/c1-11(2,17-3)7-12-10(16)13(6-9(14)15)8-4-5-8/h8H,4-7H2,1-3H3,(H,12,16)(H,14,15). The fourth-order valence-electron chi connectivity index (χ4n) is 1.36. The van der Waals surface area contributed by atoms with Crippen LogP contribution in [-0.4, -0.2) is 52.1 Å². The van der Waals surface area contributed by atoms with Gasteiger partial charge in [0.1, 0.15) is 6.54 Å². The van der Waals surface area contributed by atoms with Crippen molar-refractivity contribution in [1.29, 1.82) is 0 Å². The number of hydrogen-bond acceptors (Lipinski definition) is 3. The highest BCUT2D eigenvalue weighted by atomic mass is 32.2. The molecular weight excluding hydrogens is 240 g/mol. The highest BCUT2D eigenvalue weighted by molar-refractivity contribution is 7.99. The number of carbonyl (C=O) groups is 2. The molecule has 2 amide bonds. The predicted molar refractivity (Wildman–Crippen MR) is 68.4 cm³/mol. The first kappa shape index (κ1) is 14.2. The zero-order chi connectivity index (χ0) is 13.1. The predicted octanol–water partition coefficient (Wildman–Crippen LogP) is 1.39. The Morgan fingerprint density at radius 2 is 2.06 bits per heavy atom. The number of nitrogens with one attached hydrogen (secondary N) is 1.